The van der Waals surface area contributed by atoms with Gasteiger partial charge in [-0.15, -0.1) is 10.2 Å². The molecular weight excluding hydrogens is 240 g/mol. The Kier molecular flexibility index (Phi) is 3.21. The predicted molar refractivity (Wildman–Crippen MR) is 71.6 cm³/mol. The summed E-state index contributed by atoms with van der Waals surface area (Å²) < 4.78 is 7.62. The Morgan fingerprint density at radius 2 is 2.37 bits per heavy atom. The van der Waals surface area contributed by atoms with Gasteiger partial charge < -0.3 is 15.0 Å². The summed E-state index contributed by atoms with van der Waals surface area (Å²) in [4.78, 5) is 0. The van der Waals surface area contributed by atoms with Crippen molar-refractivity contribution < 1.29 is 4.74 Å². The van der Waals surface area contributed by atoms with Crippen LogP contribution in [0.3, 0.4) is 0 Å². The summed E-state index contributed by atoms with van der Waals surface area (Å²) in [5.74, 6) is 1.65. The number of benzene rings is 1. The van der Waals surface area contributed by atoms with Crippen LogP contribution in [0.4, 0.5) is 0 Å². The second kappa shape index (κ2) is 5.01. The van der Waals surface area contributed by atoms with E-state index < -0.39 is 0 Å². The van der Waals surface area contributed by atoms with Gasteiger partial charge in [0.1, 0.15) is 18.7 Å². The van der Waals surface area contributed by atoms with Crippen molar-refractivity contribution in [1.29, 1.82) is 0 Å². The van der Waals surface area contributed by atoms with E-state index in [0.717, 1.165) is 24.4 Å². The number of aromatic nitrogens is 3. The van der Waals surface area contributed by atoms with Gasteiger partial charge in [-0.2, -0.15) is 0 Å². The van der Waals surface area contributed by atoms with E-state index >= 15 is 0 Å². The molecule has 2 N–H and O–H groups in total. The van der Waals surface area contributed by atoms with Gasteiger partial charge >= 0.3 is 0 Å². The normalized spacial score (nSPS) is 18.1. The van der Waals surface area contributed by atoms with E-state index in [2.05, 4.69) is 22.3 Å². The predicted octanol–water partition coefficient (Wildman–Crippen LogP) is 1.73. The van der Waals surface area contributed by atoms with Gasteiger partial charge in [-0.3, -0.25) is 0 Å². The number of fused-ring (bicyclic) bond motifs is 1. The van der Waals surface area contributed by atoms with Gasteiger partial charge in [-0.1, -0.05) is 6.07 Å². The molecule has 0 bridgehead atoms. The molecule has 1 aromatic heterocycles. The minimum absolute atomic E-state index is 0.141. The first kappa shape index (κ1) is 12.2. The number of nitrogens with zero attached hydrogens (tertiary/aromatic N) is 3. The highest BCUT2D eigenvalue weighted by Gasteiger charge is 2.17. The fourth-order valence-electron chi connectivity index (χ4n) is 2.49. The number of hydrogen-bond donors (Lipinski definition) is 1. The van der Waals surface area contributed by atoms with Crippen LogP contribution >= 0.6 is 0 Å². The molecule has 1 aromatic carbocycles. The average Bonchev–Trinajstić information content (AvgIpc) is 2.83. The van der Waals surface area contributed by atoms with Crippen LogP contribution in [0.15, 0.2) is 24.5 Å². The molecule has 0 aliphatic heterocycles. The third-order valence-electron chi connectivity index (χ3n) is 3.65. The van der Waals surface area contributed by atoms with Gasteiger partial charge in [0.25, 0.3) is 0 Å². The molecular formula is C14H18N4O. The molecule has 1 aliphatic rings. The molecule has 100 valence electrons. The van der Waals surface area contributed by atoms with Crippen molar-refractivity contribution in [2.75, 3.05) is 0 Å². The Hall–Kier alpha value is -1.88. The summed E-state index contributed by atoms with van der Waals surface area (Å²) >= 11 is 0. The quantitative estimate of drug-likeness (QED) is 0.910. The van der Waals surface area contributed by atoms with Gasteiger partial charge in [-0.25, -0.2) is 0 Å². The molecule has 0 fully saturated rings. The Bertz CT molecular complexity index is 579. The van der Waals surface area contributed by atoms with Crippen molar-refractivity contribution >= 4 is 0 Å². The summed E-state index contributed by atoms with van der Waals surface area (Å²) in [5.41, 5.74) is 8.72. The van der Waals surface area contributed by atoms with Crippen molar-refractivity contribution in [2.45, 2.75) is 31.9 Å². The second-order valence-corrected chi connectivity index (χ2v) is 5.01. The van der Waals surface area contributed by atoms with E-state index in [4.69, 9.17) is 10.5 Å². The highest BCUT2D eigenvalue weighted by molar-refractivity contribution is 5.39. The van der Waals surface area contributed by atoms with Gasteiger partial charge in [0.05, 0.1) is 0 Å². The van der Waals surface area contributed by atoms with Crippen molar-refractivity contribution in [3.05, 3.63) is 41.5 Å². The monoisotopic (exact) mass is 258 g/mol. The maximum atomic E-state index is 6.15. The van der Waals surface area contributed by atoms with Crippen LogP contribution in [0.5, 0.6) is 5.75 Å². The van der Waals surface area contributed by atoms with Gasteiger partial charge in [-0.05, 0) is 42.5 Å². The minimum Gasteiger partial charge on any atom is -0.486 e. The van der Waals surface area contributed by atoms with Crippen molar-refractivity contribution in [2.24, 2.45) is 12.8 Å². The maximum absolute atomic E-state index is 6.15. The van der Waals surface area contributed by atoms with E-state index in [1.165, 1.54) is 17.5 Å². The highest BCUT2D eigenvalue weighted by atomic mass is 16.5. The van der Waals surface area contributed by atoms with E-state index in [0.29, 0.717) is 6.61 Å². The molecule has 3 rings (SSSR count). The molecule has 0 saturated carbocycles. The summed E-state index contributed by atoms with van der Waals surface area (Å²) in [5, 5.41) is 7.83. The Balaban J connectivity index is 1.75. The summed E-state index contributed by atoms with van der Waals surface area (Å²) in [7, 11) is 1.90. The van der Waals surface area contributed by atoms with E-state index in [1.54, 1.807) is 6.33 Å². The lowest BCUT2D eigenvalue weighted by molar-refractivity contribution is 0.290. The van der Waals surface area contributed by atoms with Crippen molar-refractivity contribution in [3.63, 3.8) is 0 Å². The van der Waals surface area contributed by atoms with Gasteiger partial charge in [0.15, 0.2) is 5.82 Å². The summed E-state index contributed by atoms with van der Waals surface area (Å²) in [6, 6.07) is 6.34. The zero-order valence-corrected chi connectivity index (χ0v) is 11.0. The van der Waals surface area contributed by atoms with Crippen molar-refractivity contribution in [3.8, 4) is 5.75 Å². The fraction of sp³-hybridized carbons (Fsp3) is 0.429. The van der Waals surface area contributed by atoms with Crippen LogP contribution in [0, 0.1) is 0 Å². The second-order valence-electron chi connectivity index (χ2n) is 5.01. The van der Waals surface area contributed by atoms with E-state index in [-0.39, 0.29) is 6.04 Å². The van der Waals surface area contributed by atoms with Crippen LogP contribution < -0.4 is 10.5 Å². The van der Waals surface area contributed by atoms with Crippen LogP contribution in [0.25, 0.3) is 0 Å². The molecule has 0 radical (unpaired) electrons. The van der Waals surface area contributed by atoms with E-state index in [9.17, 15) is 0 Å². The Morgan fingerprint density at radius 1 is 1.47 bits per heavy atom. The number of rotatable bonds is 3. The summed E-state index contributed by atoms with van der Waals surface area (Å²) in [6.45, 7) is 0.421. The molecule has 1 atom stereocenters. The highest BCUT2D eigenvalue weighted by Crippen LogP contribution is 2.30. The zero-order chi connectivity index (χ0) is 13.2. The molecule has 19 heavy (non-hydrogen) atoms. The fourth-order valence-corrected chi connectivity index (χ4v) is 2.49. The van der Waals surface area contributed by atoms with Crippen LogP contribution in [-0.4, -0.2) is 14.8 Å². The standard InChI is InChI=1S/C14H18N4O/c1-18-9-16-17-14(18)8-19-11-6-5-10-3-2-4-13(15)12(10)7-11/h5-7,9,13H,2-4,8,15H2,1H3/t13-/m0/s1. The lowest BCUT2D eigenvalue weighted by Crippen LogP contribution is -2.17. The van der Waals surface area contributed by atoms with Crippen LogP contribution in [0.2, 0.25) is 0 Å². The number of hydrogen-bond acceptors (Lipinski definition) is 4. The molecule has 1 heterocycles. The molecule has 0 amide bonds. The molecule has 5 nitrogen and oxygen atoms in total. The average molecular weight is 258 g/mol. The summed E-state index contributed by atoms with van der Waals surface area (Å²) in [6.07, 6.45) is 5.01. The molecule has 1 aliphatic carbocycles. The van der Waals surface area contributed by atoms with Crippen LogP contribution in [-0.2, 0) is 20.1 Å². The molecule has 5 heteroatoms. The lowest BCUT2D eigenvalue weighted by atomic mass is 9.88. The minimum atomic E-state index is 0.141. The maximum Gasteiger partial charge on any atom is 0.170 e. The van der Waals surface area contributed by atoms with Crippen molar-refractivity contribution in [1.82, 2.24) is 14.8 Å². The van der Waals surface area contributed by atoms with Crippen LogP contribution in [0.1, 0.15) is 35.8 Å². The molecule has 2 aromatic rings. The Morgan fingerprint density at radius 3 is 3.16 bits per heavy atom. The molecule has 0 unspecified atom stereocenters. The Labute approximate surface area is 112 Å². The van der Waals surface area contributed by atoms with Gasteiger partial charge in [0.2, 0.25) is 0 Å². The largest absolute Gasteiger partial charge is 0.486 e. The number of nitrogens with two attached hydrogens (primary N) is 1. The van der Waals surface area contributed by atoms with E-state index in [1.807, 2.05) is 17.7 Å². The smallest absolute Gasteiger partial charge is 0.170 e. The first-order chi connectivity index (χ1) is 9.24. The molecule has 0 saturated heterocycles. The SMILES string of the molecule is Cn1cnnc1COc1ccc2c(c1)[C@@H](N)CCC2. The number of ether oxygens (including phenoxy) is 1. The third-order valence-corrected chi connectivity index (χ3v) is 3.65. The third kappa shape index (κ3) is 2.46. The van der Waals surface area contributed by atoms with Gasteiger partial charge in [0, 0.05) is 13.1 Å². The number of aryl methyl sites for hydroxylation is 2. The topological polar surface area (TPSA) is 66.0 Å². The first-order valence-corrected chi connectivity index (χ1v) is 6.58. The first-order valence-electron chi connectivity index (χ1n) is 6.58. The zero-order valence-electron chi connectivity index (χ0n) is 11.0. The molecule has 0 spiro atoms. The lowest BCUT2D eigenvalue weighted by Gasteiger charge is -2.22.